The molecule has 0 bridgehead atoms. The van der Waals surface area contributed by atoms with Crippen molar-refractivity contribution >= 4 is 11.8 Å². The highest BCUT2D eigenvalue weighted by atomic mass is 32.2. The Labute approximate surface area is 196 Å². The summed E-state index contributed by atoms with van der Waals surface area (Å²) in [7, 11) is 0. The van der Waals surface area contributed by atoms with Crippen LogP contribution in [0.4, 0.5) is 0 Å². The Kier molecular flexibility index (Phi) is 20.0. The van der Waals surface area contributed by atoms with Gasteiger partial charge in [0.1, 0.15) is 0 Å². The molecule has 180 valence electrons. The van der Waals surface area contributed by atoms with Gasteiger partial charge in [-0.05, 0) is 25.7 Å². The lowest BCUT2D eigenvalue weighted by atomic mass is 10.1. The molecule has 0 amide bonds. The third kappa shape index (κ3) is 16.0. The highest BCUT2D eigenvalue weighted by molar-refractivity contribution is 7.99. The maximum Gasteiger partial charge on any atom is 0.0878 e. The molecule has 1 saturated heterocycles. The van der Waals surface area contributed by atoms with Crippen LogP contribution in [0.1, 0.15) is 142 Å². The molecule has 1 aliphatic rings. The number of unbranched alkanes of at least 4 members (excludes halogenated alkanes) is 18. The fourth-order valence-corrected chi connectivity index (χ4v) is 6.40. The molecule has 1 fully saturated rings. The largest absolute Gasteiger partial charge is 0.322 e. The van der Waals surface area contributed by atoms with E-state index in [1.165, 1.54) is 171 Å². The van der Waals surface area contributed by atoms with Crippen LogP contribution < -0.4 is 0 Å². The maximum atomic E-state index is 2.31. The van der Waals surface area contributed by atoms with Gasteiger partial charge in [0.2, 0.25) is 0 Å². The second kappa shape index (κ2) is 21.2. The van der Waals surface area contributed by atoms with Crippen LogP contribution in [0.25, 0.3) is 0 Å². The molecule has 0 N–H and O–H groups in total. The van der Waals surface area contributed by atoms with Crippen molar-refractivity contribution in [3.8, 4) is 0 Å². The average Bonchev–Trinajstić information content (AvgIpc) is 2.77. The molecule has 0 aliphatic carbocycles. The molecule has 30 heavy (non-hydrogen) atoms. The Balaban J connectivity index is 2.02. The lowest BCUT2D eigenvalue weighted by molar-refractivity contribution is -0.925. The van der Waals surface area contributed by atoms with Crippen LogP contribution in [0.15, 0.2) is 0 Å². The van der Waals surface area contributed by atoms with Crippen molar-refractivity contribution in [2.75, 3.05) is 37.7 Å². The van der Waals surface area contributed by atoms with Gasteiger partial charge >= 0.3 is 0 Å². The minimum absolute atomic E-state index is 1.37. The van der Waals surface area contributed by atoms with Gasteiger partial charge in [0.05, 0.1) is 26.2 Å². The highest BCUT2D eigenvalue weighted by Crippen LogP contribution is 2.22. The monoisotopic (exact) mass is 440 g/mol. The summed E-state index contributed by atoms with van der Waals surface area (Å²) in [5.74, 6) is 2.82. The second-order valence-corrected chi connectivity index (χ2v) is 11.4. The molecule has 1 heterocycles. The van der Waals surface area contributed by atoms with E-state index in [1.54, 1.807) is 0 Å². The van der Waals surface area contributed by atoms with Crippen molar-refractivity contribution in [2.24, 2.45) is 0 Å². The van der Waals surface area contributed by atoms with Gasteiger partial charge in [-0.15, -0.1) is 0 Å². The topological polar surface area (TPSA) is 0 Å². The predicted molar refractivity (Wildman–Crippen MR) is 141 cm³/mol. The van der Waals surface area contributed by atoms with Gasteiger partial charge in [-0.25, -0.2) is 0 Å². The highest BCUT2D eigenvalue weighted by Gasteiger charge is 2.28. The van der Waals surface area contributed by atoms with Crippen molar-refractivity contribution in [1.82, 2.24) is 0 Å². The molecule has 1 rings (SSSR count). The van der Waals surface area contributed by atoms with Crippen LogP contribution in [0.5, 0.6) is 0 Å². The molecule has 0 spiro atoms. The van der Waals surface area contributed by atoms with E-state index in [2.05, 4.69) is 25.6 Å². The lowest BCUT2D eigenvalue weighted by Gasteiger charge is -2.41. The minimum atomic E-state index is 1.37. The number of thioether (sulfide) groups is 1. The number of hydrogen-bond acceptors (Lipinski definition) is 1. The van der Waals surface area contributed by atoms with Crippen molar-refractivity contribution in [2.45, 2.75) is 142 Å². The van der Waals surface area contributed by atoms with E-state index >= 15 is 0 Å². The summed E-state index contributed by atoms with van der Waals surface area (Å²) >= 11 is 2.20. The van der Waals surface area contributed by atoms with Gasteiger partial charge in [0.25, 0.3) is 0 Å². The molecule has 0 unspecified atom stereocenters. The minimum Gasteiger partial charge on any atom is -0.322 e. The summed E-state index contributed by atoms with van der Waals surface area (Å²) in [5.41, 5.74) is 0. The van der Waals surface area contributed by atoms with Gasteiger partial charge in [0.15, 0.2) is 0 Å². The fraction of sp³-hybridized carbons (Fsp3) is 1.00. The van der Waals surface area contributed by atoms with Crippen molar-refractivity contribution in [3.63, 3.8) is 0 Å². The van der Waals surface area contributed by atoms with E-state index in [4.69, 9.17) is 0 Å². The van der Waals surface area contributed by atoms with E-state index in [9.17, 15) is 0 Å². The van der Waals surface area contributed by atoms with Crippen molar-refractivity contribution in [3.05, 3.63) is 0 Å². The Hall–Kier alpha value is 0.310. The van der Waals surface area contributed by atoms with E-state index in [0.717, 1.165) is 0 Å². The maximum absolute atomic E-state index is 2.31. The van der Waals surface area contributed by atoms with E-state index in [1.807, 2.05) is 0 Å². The Morgan fingerprint density at radius 2 is 0.733 bits per heavy atom. The number of quaternary nitrogens is 1. The standard InChI is InChI=1S/C28H58NS/c1-3-5-7-9-11-13-15-17-19-21-23-29(25-27-30-28-26-29)24-22-20-18-16-14-12-10-8-6-4-2/h3-28H2,1-2H3/q+1. The zero-order valence-electron chi connectivity index (χ0n) is 21.2. The zero-order valence-corrected chi connectivity index (χ0v) is 22.1. The van der Waals surface area contributed by atoms with E-state index < -0.39 is 0 Å². The third-order valence-corrected chi connectivity index (χ3v) is 8.33. The fourth-order valence-electron chi connectivity index (χ4n) is 5.16. The zero-order chi connectivity index (χ0) is 21.6. The average molecular weight is 441 g/mol. The SMILES string of the molecule is CCCCCCCCCCCC[N+]1(CCCCCCCCCCCC)CCSCC1. The van der Waals surface area contributed by atoms with Gasteiger partial charge in [0, 0.05) is 11.5 Å². The summed E-state index contributed by atoms with van der Waals surface area (Å²) in [6, 6.07) is 0. The molecular formula is C28H58NS+. The number of rotatable bonds is 22. The molecule has 0 aromatic rings. The van der Waals surface area contributed by atoms with Crippen molar-refractivity contribution in [1.29, 1.82) is 0 Å². The molecule has 1 nitrogen and oxygen atoms in total. The van der Waals surface area contributed by atoms with Crippen LogP contribution in [-0.4, -0.2) is 42.2 Å². The van der Waals surface area contributed by atoms with Gasteiger partial charge in [-0.2, -0.15) is 11.8 Å². The number of nitrogens with zero attached hydrogens (tertiary/aromatic N) is 1. The first kappa shape index (κ1) is 28.3. The smallest absolute Gasteiger partial charge is 0.0878 e. The van der Waals surface area contributed by atoms with Crippen molar-refractivity contribution < 1.29 is 4.48 Å². The predicted octanol–water partition coefficient (Wildman–Crippen LogP) is 9.39. The van der Waals surface area contributed by atoms with Crippen LogP contribution >= 0.6 is 11.8 Å². The van der Waals surface area contributed by atoms with Crippen LogP contribution in [0.2, 0.25) is 0 Å². The molecule has 0 saturated carbocycles. The molecule has 0 aromatic heterocycles. The summed E-state index contributed by atoms with van der Waals surface area (Å²) in [6.07, 6.45) is 29.3. The third-order valence-electron chi connectivity index (χ3n) is 7.39. The van der Waals surface area contributed by atoms with Gasteiger partial charge in [-0.3, -0.25) is 0 Å². The first-order valence-corrected chi connectivity index (χ1v) is 15.4. The van der Waals surface area contributed by atoms with E-state index in [-0.39, 0.29) is 0 Å². The Morgan fingerprint density at radius 1 is 0.433 bits per heavy atom. The lowest BCUT2D eigenvalue weighted by Crippen LogP contribution is -2.54. The van der Waals surface area contributed by atoms with Gasteiger partial charge in [-0.1, -0.05) is 117 Å². The first-order chi connectivity index (χ1) is 14.8. The Bertz CT molecular complexity index is 312. The molecule has 2 heteroatoms. The normalized spacial score (nSPS) is 16.2. The first-order valence-electron chi connectivity index (χ1n) is 14.3. The number of hydrogen-bond donors (Lipinski definition) is 0. The van der Waals surface area contributed by atoms with Gasteiger partial charge < -0.3 is 4.48 Å². The van der Waals surface area contributed by atoms with E-state index in [0.29, 0.717) is 0 Å². The molecule has 1 aliphatic heterocycles. The summed E-state index contributed by atoms with van der Waals surface area (Å²) in [4.78, 5) is 0. The Morgan fingerprint density at radius 3 is 1.07 bits per heavy atom. The summed E-state index contributed by atoms with van der Waals surface area (Å²) < 4.78 is 1.47. The molecule has 0 radical (unpaired) electrons. The molecule has 0 aromatic carbocycles. The summed E-state index contributed by atoms with van der Waals surface area (Å²) in [6.45, 7) is 10.5. The van der Waals surface area contributed by atoms with Crippen LogP contribution in [0.3, 0.4) is 0 Å². The molecule has 0 atom stereocenters. The van der Waals surface area contributed by atoms with Crippen LogP contribution in [0, 0.1) is 0 Å². The van der Waals surface area contributed by atoms with Crippen LogP contribution in [-0.2, 0) is 0 Å². The quantitative estimate of drug-likeness (QED) is 0.119. The summed E-state index contributed by atoms with van der Waals surface area (Å²) in [5, 5.41) is 0. The second-order valence-electron chi connectivity index (χ2n) is 10.2. The molecular weight excluding hydrogens is 382 g/mol.